The van der Waals surface area contributed by atoms with Crippen molar-refractivity contribution >= 4 is 17.5 Å². The van der Waals surface area contributed by atoms with Crippen LogP contribution in [0.1, 0.15) is 26.5 Å². The molecule has 0 unspecified atom stereocenters. The minimum Gasteiger partial charge on any atom is -0.497 e. The Morgan fingerprint density at radius 2 is 1.80 bits per heavy atom. The lowest BCUT2D eigenvalue weighted by molar-refractivity contribution is 0.0178. The van der Waals surface area contributed by atoms with Gasteiger partial charge in [0.25, 0.3) is 11.8 Å². The molecule has 0 radical (unpaired) electrons. The van der Waals surface area contributed by atoms with Gasteiger partial charge in [-0.2, -0.15) is 0 Å². The molecule has 1 fully saturated rings. The average molecular weight is 406 g/mol. The van der Waals surface area contributed by atoms with Gasteiger partial charge in [-0.3, -0.25) is 9.59 Å². The van der Waals surface area contributed by atoms with Crippen molar-refractivity contribution in [1.82, 2.24) is 4.90 Å². The lowest BCUT2D eigenvalue weighted by Crippen LogP contribution is -2.56. The van der Waals surface area contributed by atoms with Gasteiger partial charge < -0.3 is 24.1 Å². The summed E-state index contributed by atoms with van der Waals surface area (Å²) in [6, 6.07) is 15.9. The van der Waals surface area contributed by atoms with Crippen LogP contribution in [0.5, 0.6) is 11.5 Å². The third-order valence-corrected chi connectivity index (χ3v) is 4.99. The summed E-state index contributed by atoms with van der Waals surface area (Å²) in [7, 11) is 1.60. The van der Waals surface area contributed by atoms with Crippen molar-refractivity contribution < 1.29 is 23.5 Å². The second-order valence-electron chi connectivity index (χ2n) is 7.02. The number of nitrogens with one attached hydrogen (secondary N) is 1. The molecule has 3 aromatic rings. The maximum atomic E-state index is 13.0. The molecule has 154 valence electrons. The summed E-state index contributed by atoms with van der Waals surface area (Å²) in [5.74, 6) is 1.48. The zero-order valence-corrected chi connectivity index (χ0v) is 16.8. The summed E-state index contributed by atoms with van der Waals surface area (Å²) >= 11 is 0. The standard InChI is InChI=1S/C23H22N2O5/c1-15-19(10-11-29-15)22(26)24-21-9-4-3-8-20(21)23(27)25-13-18(14-25)30-17-7-5-6-16(12-17)28-2/h3-12,18H,13-14H2,1-2H3,(H,24,26). The summed E-state index contributed by atoms with van der Waals surface area (Å²) in [4.78, 5) is 27.2. The summed E-state index contributed by atoms with van der Waals surface area (Å²) in [5.41, 5.74) is 1.34. The number of carbonyl (C=O) groups excluding carboxylic acids is 2. The summed E-state index contributed by atoms with van der Waals surface area (Å²) in [6.07, 6.45) is 1.38. The van der Waals surface area contributed by atoms with Crippen LogP contribution in [-0.2, 0) is 0 Å². The van der Waals surface area contributed by atoms with Crippen LogP contribution < -0.4 is 14.8 Å². The van der Waals surface area contributed by atoms with Crippen LogP contribution in [0.15, 0.2) is 65.3 Å². The maximum Gasteiger partial charge on any atom is 0.259 e. The van der Waals surface area contributed by atoms with Crippen LogP contribution in [0.2, 0.25) is 0 Å². The van der Waals surface area contributed by atoms with Crippen LogP contribution in [0, 0.1) is 6.92 Å². The molecule has 2 aromatic carbocycles. The fraction of sp³-hybridized carbons (Fsp3) is 0.217. The van der Waals surface area contributed by atoms with E-state index in [1.807, 2.05) is 24.3 Å². The number of para-hydroxylation sites is 1. The number of ether oxygens (including phenoxy) is 2. The number of methoxy groups -OCH3 is 1. The van der Waals surface area contributed by atoms with Crippen molar-refractivity contribution in [2.24, 2.45) is 0 Å². The largest absolute Gasteiger partial charge is 0.497 e. The van der Waals surface area contributed by atoms with E-state index in [0.29, 0.717) is 41.4 Å². The predicted molar refractivity (Wildman–Crippen MR) is 111 cm³/mol. The summed E-state index contributed by atoms with van der Waals surface area (Å²) in [6.45, 7) is 2.66. The molecule has 1 aromatic heterocycles. The van der Waals surface area contributed by atoms with E-state index in [2.05, 4.69) is 5.32 Å². The number of furan rings is 1. The highest BCUT2D eigenvalue weighted by Crippen LogP contribution is 2.25. The highest BCUT2D eigenvalue weighted by atomic mass is 16.5. The fourth-order valence-corrected chi connectivity index (χ4v) is 3.30. The Labute approximate surface area is 174 Å². The zero-order valence-electron chi connectivity index (χ0n) is 16.8. The molecular formula is C23H22N2O5. The van der Waals surface area contributed by atoms with Gasteiger partial charge in [-0.25, -0.2) is 0 Å². The highest BCUT2D eigenvalue weighted by Gasteiger charge is 2.34. The first-order chi connectivity index (χ1) is 14.5. The normalized spacial score (nSPS) is 13.5. The van der Waals surface area contributed by atoms with Gasteiger partial charge in [0.1, 0.15) is 23.4 Å². The number of benzene rings is 2. The van der Waals surface area contributed by atoms with Crippen molar-refractivity contribution in [3.8, 4) is 11.5 Å². The molecule has 1 N–H and O–H groups in total. The number of carbonyl (C=O) groups is 2. The first-order valence-corrected chi connectivity index (χ1v) is 9.59. The number of hydrogen-bond donors (Lipinski definition) is 1. The summed E-state index contributed by atoms with van der Waals surface area (Å²) < 4.78 is 16.3. The van der Waals surface area contributed by atoms with E-state index in [1.165, 1.54) is 6.26 Å². The molecule has 2 heterocycles. The monoisotopic (exact) mass is 406 g/mol. The van der Waals surface area contributed by atoms with E-state index in [0.717, 1.165) is 5.75 Å². The average Bonchev–Trinajstić information content (AvgIpc) is 3.16. The van der Waals surface area contributed by atoms with Crippen molar-refractivity contribution in [3.63, 3.8) is 0 Å². The van der Waals surface area contributed by atoms with Gasteiger partial charge in [0.15, 0.2) is 0 Å². The minimum atomic E-state index is -0.315. The predicted octanol–water partition coefficient (Wildman–Crippen LogP) is 3.75. The number of rotatable bonds is 6. The Balaban J connectivity index is 1.40. The van der Waals surface area contributed by atoms with Crippen LogP contribution in [0.25, 0.3) is 0 Å². The van der Waals surface area contributed by atoms with Crippen molar-refractivity contribution in [2.75, 3.05) is 25.5 Å². The number of hydrogen-bond acceptors (Lipinski definition) is 5. The molecule has 7 nitrogen and oxygen atoms in total. The molecule has 0 spiro atoms. The van der Waals surface area contributed by atoms with Crippen LogP contribution in [0.4, 0.5) is 5.69 Å². The van der Waals surface area contributed by atoms with Gasteiger partial charge in [0.05, 0.1) is 43.3 Å². The SMILES string of the molecule is COc1cccc(OC2CN(C(=O)c3ccccc3NC(=O)c3ccoc3C)C2)c1. The van der Waals surface area contributed by atoms with E-state index < -0.39 is 0 Å². The Kier molecular flexibility index (Phi) is 5.43. The molecule has 7 heteroatoms. The second kappa shape index (κ2) is 8.32. The molecule has 4 rings (SSSR count). The first-order valence-electron chi connectivity index (χ1n) is 9.59. The Hall–Kier alpha value is -3.74. The second-order valence-corrected chi connectivity index (χ2v) is 7.02. The highest BCUT2D eigenvalue weighted by molar-refractivity contribution is 6.09. The van der Waals surface area contributed by atoms with E-state index in [9.17, 15) is 9.59 Å². The lowest BCUT2D eigenvalue weighted by atomic mass is 10.1. The molecule has 1 aliphatic heterocycles. The van der Waals surface area contributed by atoms with Crippen molar-refractivity contribution in [3.05, 3.63) is 77.7 Å². The number of anilines is 1. The lowest BCUT2D eigenvalue weighted by Gasteiger charge is -2.39. The molecule has 1 saturated heterocycles. The van der Waals surface area contributed by atoms with Gasteiger partial charge >= 0.3 is 0 Å². The van der Waals surface area contributed by atoms with Gasteiger partial charge in [0.2, 0.25) is 0 Å². The number of amides is 2. The van der Waals surface area contributed by atoms with E-state index in [-0.39, 0.29) is 17.9 Å². The molecule has 30 heavy (non-hydrogen) atoms. The van der Waals surface area contributed by atoms with Gasteiger partial charge in [-0.05, 0) is 37.3 Å². The van der Waals surface area contributed by atoms with E-state index >= 15 is 0 Å². The van der Waals surface area contributed by atoms with Crippen LogP contribution in [-0.4, -0.2) is 43.0 Å². The zero-order chi connectivity index (χ0) is 21.1. The maximum absolute atomic E-state index is 13.0. The van der Waals surface area contributed by atoms with Crippen LogP contribution in [0.3, 0.4) is 0 Å². The molecule has 2 amide bonds. The Morgan fingerprint density at radius 3 is 2.53 bits per heavy atom. The van der Waals surface area contributed by atoms with Crippen LogP contribution >= 0.6 is 0 Å². The minimum absolute atomic E-state index is 0.0867. The molecule has 0 aliphatic carbocycles. The van der Waals surface area contributed by atoms with Gasteiger partial charge in [-0.15, -0.1) is 0 Å². The smallest absolute Gasteiger partial charge is 0.259 e. The topological polar surface area (TPSA) is 81.0 Å². The third-order valence-electron chi connectivity index (χ3n) is 4.99. The quantitative estimate of drug-likeness (QED) is 0.674. The molecular weight excluding hydrogens is 384 g/mol. The van der Waals surface area contributed by atoms with E-state index in [1.54, 1.807) is 49.3 Å². The number of aryl methyl sites for hydroxylation is 1. The number of likely N-dealkylation sites (tertiary alicyclic amines) is 1. The fourth-order valence-electron chi connectivity index (χ4n) is 3.30. The van der Waals surface area contributed by atoms with Gasteiger partial charge in [0, 0.05) is 6.07 Å². The summed E-state index contributed by atoms with van der Waals surface area (Å²) in [5, 5.41) is 2.81. The van der Waals surface area contributed by atoms with Crippen molar-refractivity contribution in [1.29, 1.82) is 0 Å². The third kappa shape index (κ3) is 4.00. The van der Waals surface area contributed by atoms with Gasteiger partial charge in [-0.1, -0.05) is 18.2 Å². The van der Waals surface area contributed by atoms with E-state index in [4.69, 9.17) is 13.9 Å². The first kappa shape index (κ1) is 19.6. The molecule has 0 atom stereocenters. The van der Waals surface area contributed by atoms with Crippen molar-refractivity contribution in [2.45, 2.75) is 13.0 Å². The molecule has 0 saturated carbocycles. The number of nitrogens with zero attached hydrogens (tertiary/aromatic N) is 1. The Morgan fingerprint density at radius 1 is 1.03 bits per heavy atom. The molecule has 1 aliphatic rings. The molecule has 0 bridgehead atoms. The Bertz CT molecular complexity index is 1070.